The van der Waals surface area contributed by atoms with Crippen molar-refractivity contribution in [2.75, 3.05) is 30.3 Å². The molecule has 0 heterocycles. The van der Waals surface area contributed by atoms with Crippen molar-refractivity contribution in [1.82, 2.24) is 5.32 Å². The van der Waals surface area contributed by atoms with Crippen molar-refractivity contribution in [3.8, 4) is 0 Å². The van der Waals surface area contributed by atoms with Crippen LogP contribution in [0.2, 0.25) is 0 Å². The van der Waals surface area contributed by atoms with E-state index in [4.69, 9.17) is 10.8 Å². The van der Waals surface area contributed by atoms with Crippen molar-refractivity contribution < 1.29 is 14.7 Å². The van der Waals surface area contributed by atoms with Crippen LogP contribution in [0, 0.1) is 0 Å². The van der Waals surface area contributed by atoms with Gasteiger partial charge in [0.05, 0.1) is 23.5 Å². The molecule has 0 bridgehead atoms. The first-order valence-corrected chi connectivity index (χ1v) is 7.14. The summed E-state index contributed by atoms with van der Waals surface area (Å²) < 4.78 is 0. The lowest BCUT2D eigenvalue weighted by atomic mass is 10.1. The Hall–Kier alpha value is -2.24. The van der Waals surface area contributed by atoms with E-state index in [0.29, 0.717) is 24.5 Å². The van der Waals surface area contributed by atoms with Gasteiger partial charge in [0.15, 0.2) is 0 Å². The molecule has 0 aromatic heterocycles. The molecule has 0 aliphatic carbocycles. The van der Waals surface area contributed by atoms with Crippen LogP contribution in [0.15, 0.2) is 18.2 Å². The molecule has 1 amide bonds. The Labute approximate surface area is 124 Å². The molecule has 1 aromatic carbocycles. The van der Waals surface area contributed by atoms with Gasteiger partial charge >= 0.3 is 5.97 Å². The molecule has 1 rings (SSSR count). The number of nitrogens with two attached hydrogens (primary N) is 1. The van der Waals surface area contributed by atoms with E-state index in [-0.39, 0.29) is 18.0 Å². The fourth-order valence-corrected chi connectivity index (χ4v) is 1.98. The van der Waals surface area contributed by atoms with Crippen LogP contribution in [0.1, 0.15) is 37.0 Å². The lowest BCUT2D eigenvalue weighted by Crippen LogP contribution is -2.38. The third kappa shape index (κ3) is 4.98. The number of unbranched alkanes of at least 4 members (excludes halogenated alkanes) is 1. The molecule has 21 heavy (non-hydrogen) atoms. The van der Waals surface area contributed by atoms with Crippen LogP contribution < -0.4 is 16.0 Å². The second-order valence-electron chi connectivity index (χ2n) is 4.80. The molecule has 6 heteroatoms. The molecule has 0 fully saturated rings. The van der Waals surface area contributed by atoms with E-state index >= 15 is 0 Å². The maximum Gasteiger partial charge on any atom is 0.335 e. The van der Waals surface area contributed by atoms with E-state index in [1.165, 1.54) is 12.1 Å². The molecule has 0 unspecified atom stereocenters. The van der Waals surface area contributed by atoms with Gasteiger partial charge in [-0.05, 0) is 31.5 Å². The van der Waals surface area contributed by atoms with E-state index in [9.17, 15) is 9.59 Å². The number of amides is 1. The minimum absolute atomic E-state index is 0.0630. The number of nitrogens with zero attached hydrogens (tertiary/aromatic N) is 1. The Bertz CT molecular complexity index is 503. The summed E-state index contributed by atoms with van der Waals surface area (Å²) in [7, 11) is 0. The molecule has 0 saturated heterocycles. The Morgan fingerprint density at radius 1 is 1.33 bits per heavy atom. The van der Waals surface area contributed by atoms with Gasteiger partial charge in [0.25, 0.3) is 0 Å². The second kappa shape index (κ2) is 8.14. The van der Waals surface area contributed by atoms with E-state index in [2.05, 4.69) is 12.2 Å². The number of hydrogen-bond acceptors (Lipinski definition) is 4. The standard InChI is InChI=1S/C15H23N3O3/c1-3-5-8-17-14(19)10-18(4-2)13-7-6-11(15(20)21)9-12(13)16/h6-7,9H,3-5,8,10,16H2,1-2H3,(H,17,19)(H,20,21). The molecular formula is C15H23N3O3. The summed E-state index contributed by atoms with van der Waals surface area (Å²) in [4.78, 5) is 24.6. The number of nitrogens with one attached hydrogen (secondary N) is 1. The van der Waals surface area contributed by atoms with Crippen molar-refractivity contribution in [2.24, 2.45) is 0 Å². The lowest BCUT2D eigenvalue weighted by molar-refractivity contribution is -0.119. The van der Waals surface area contributed by atoms with Gasteiger partial charge in [-0.25, -0.2) is 4.79 Å². The molecule has 0 radical (unpaired) electrons. The topological polar surface area (TPSA) is 95.7 Å². The predicted molar refractivity (Wildman–Crippen MR) is 83.6 cm³/mol. The van der Waals surface area contributed by atoms with Gasteiger partial charge in [-0.3, -0.25) is 4.79 Å². The van der Waals surface area contributed by atoms with Crippen LogP contribution in [0.3, 0.4) is 0 Å². The smallest absolute Gasteiger partial charge is 0.335 e. The maximum atomic E-state index is 11.9. The highest BCUT2D eigenvalue weighted by Gasteiger charge is 2.14. The SMILES string of the molecule is CCCCNC(=O)CN(CC)c1ccc(C(=O)O)cc1N. The first-order chi connectivity index (χ1) is 9.99. The number of likely N-dealkylation sites (N-methyl/N-ethyl adjacent to an activating group) is 1. The van der Waals surface area contributed by atoms with Gasteiger partial charge in [-0.15, -0.1) is 0 Å². The average molecular weight is 293 g/mol. The second-order valence-corrected chi connectivity index (χ2v) is 4.80. The zero-order valence-corrected chi connectivity index (χ0v) is 12.6. The molecule has 1 aromatic rings. The zero-order valence-electron chi connectivity index (χ0n) is 12.6. The summed E-state index contributed by atoms with van der Waals surface area (Å²) in [6.45, 7) is 5.47. The van der Waals surface area contributed by atoms with Crippen molar-refractivity contribution in [2.45, 2.75) is 26.7 Å². The molecule has 0 saturated carbocycles. The minimum Gasteiger partial charge on any atom is -0.478 e. The quantitative estimate of drug-likeness (QED) is 0.501. The van der Waals surface area contributed by atoms with Crippen molar-refractivity contribution in [1.29, 1.82) is 0 Å². The Morgan fingerprint density at radius 2 is 2.05 bits per heavy atom. The number of carboxylic acid groups (broad SMARTS) is 1. The molecule has 4 N–H and O–H groups in total. The summed E-state index contributed by atoms with van der Waals surface area (Å²) in [5.74, 6) is -1.08. The Kier molecular flexibility index (Phi) is 6.52. The van der Waals surface area contributed by atoms with Gasteiger partial charge < -0.3 is 21.1 Å². The number of carbonyl (C=O) groups excluding carboxylic acids is 1. The number of carboxylic acids is 1. The number of nitrogen functional groups attached to an aromatic ring is 1. The number of aromatic carboxylic acids is 1. The minimum atomic E-state index is -1.02. The van der Waals surface area contributed by atoms with E-state index in [1.54, 1.807) is 6.07 Å². The molecule has 0 aliphatic heterocycles. The summed E-state index contributed by atoms with van der Waals surface area (Å²) in [6.07, 6.45) is 1.98. The number of benzene rings is 1. The maximum absolute atomic E-state index is 11.9. The van der Waals surface area contributed by atoms with Crippen LogP contribution in [0.25, 0.3) is 0 Å². The van der Waals surface area contributed by atoms with Crippen LogP contribution >= 0.6 is 0 Å². The highest BCUT2D eigenvalue weighted by molar-refractivity contribution is 5.91. The summed E-state index contributed by atoms with van der Waals surface area (Å²) >= 11 is 0. The van der Waals surface area contributed by atoms with E-state index < -0.39 is 5.97 Å². The van der Waals surface area contributed by atoms with Gasteiger partial charge in [0.2, 0.25) is 5.91 Å². The number of hydrogen-bond donors (Lipinski definition) is 3. The lowest BCUT2D eigenvalue weighted by Gasteiger charge is -2.24. The zero-order chi connectivity index (χ0) is 15.8. The van der Waals surface area contributed by atoms with E-state index in [0.717, 1.165) is 12.8 Å². The third-order valence-corrected chi connectivity index (χ3v) is 3.18. The van der Waals surface area contributed by atoms with Gasteiger partial charge in [0, 0.05) is 13.1 Å². The van der Waals surface area contributed by atoms with Crippen LogP contribution in [0.5, 0.6) is 0 Å². The van der Waals surface area contributed by atoms with E-state index in [1.807, 2.05) is 11.8 Å². The first-order valence-electron chi connectivity index (χ1n) is 7.14. The van der Waals surface area contributed by atoms with Crippen molar-refractivity contribution in [3.63, 3.8) is 0 Å². The molecule has 0 aliphatic rings. The van der Waals surface area contributed by atoms with Crippen LogP contribution in [0.4, 0.5) is 11.4 Å². The molecule has 116 valence electrons. The van der Waals surface area contributed by atoms with Gasteiger partial charge in [-0.2, -0.15) is 0 Å². The highest BCUT2D eigenvalue weighted by Crippen LogP contribution is 2.24. The van der Waals surface area contributed by atoms with Gasteiger partial charge in [-0.1, -0.05) is 13.3 Å². The first kappa shape index (κ1) is 16.8. The molecule has 0 atom stereocenters. The largest absolute Gasteiger partial charge is 0.478 e. The average Bonchev–Trinajstić information content (AvgIpc) is 2.45. The molecule has 6 nitrogen and oxygen atoms in total. The summed E-state index contributed by atoms with van der Waals surface area (Å²) in [5, 5.41) is 11.8. The monoisotopic (exact) mass is 293 g/mol. The number of carbonyl (C=O) groups is 2. The third-order valence-electron chi connectivity index (χ3n) is 3.18. The number of anilines is 2. The molecular weight excluding hydrogens is 270 g/mol. The summed E-state index contributed by atoms with van der Waals surface area (Å²) in [6, 6.07) is 4.54. The highest BCUT2D eigenvalue weighted by atomic mass is 16.4. The number of rotatable bonds is 8. The van der Waals surface area contributed by atoms with Crippen molar-refractivity contribution >= 4 is 23.3 Å². The fraction of sp³-hybridized carbons (Fsp3) is 0.467. The van der Waals surface area contributed by atoms with Crippen LogP contribution in [-0.2, 0) is 4.79 Å². The van der Waals surface area contributed by atoms with Gasteiger partial charge in [0.1, 0.15) is 0 Å². The fourth-order valence-electron chi connectivity index (χ4n) is 1.98. The normalized spacial score (nSPS) is 10.2. The Balaban J connectivity index is 2.76. The van der Waals surface area contributed by atoms with Crippen molar-refractivity contribution in [3.05, 3.63) is 23.8 Å². The predicted octanol–water partition coefficient (Wildman–Crippen LogP) is 1.71. The Morgan fingerprint density at radius 3 is 2.57 bits per heavy atom. The molecule has 0 spiro atoms. The van der Waals surface area contributed by atoms with Crippen LogP contribution in [-0.4, -0.2) is 36.6 Å². The summed E-state index contributed by atoms with van der Waals surface area (Å²) in [5.41, 5.74) is 7.07.